The van der Waals surface area contributed by atoms with Gasteiger partial charge in [-0.3, -0.25) is 0 Å². The third-order valence-electron chi connectivity index (χ3n) is 3.50. The van der Waals surface area contributed by atoms with Crippen LogP contribution in [0.2, 0.25) is 5.02 Å². The molecule has 0 atom stereocenters. The number of benzene rings is 2. The van der Waals surface area contributed by atoms with E-state index >= 15 is 0 Å². The van der Waals surface area contributed by atoms with Gasteiger partial charge in [0.15, 0.2) is 0 Å². The number of thioether (sulfide) groups is 1. The minimum absolute atomic E-state index is 0.169. The van der Waals surface area contributed by atoms with Crippen LogP contribution < -0.4 is 4.90 Å². The van der Waals surface area contributed by atoms with E-state index in [9.17, 15) is 9.18 Å². The Bertz CT molecular complexity index is 920. The van der Waals surface area contributed by atoms with Crippen molar-refractivity contribution in [1.82, 2.24) is 0 Å². The zero-order chi connectivity index (χ0) is 18.1. The number of nitrogens with zero attached hydrogens (tertiary/aromatic N) is 1. The average Bonchev–Trinajstić information content (AvgIpc) is 2.54. The second-order valence-corrected chi connectivity index (χ2v) is 7.93. The van der Waals surface area contributed by atoms with E-state index in [0.29, 0.717) is 29.8 Å². The van der Waals surface area contributed by atoms with Crippen LogP contribution in [0, 0.1) is 5.82 Å². The Kier molecular flexibility index (Phi) is 5.48. The molecule has 8 heteroatoms. The standard InChI is InChI=1S/C17H10BrClFNO2S2/c18-10-5-4-9(12(20)6-10)8-21-13-3-1-2-11(19)16(13)25-14(17(21)24)7-15(22)23/h1-7H,8H2,(H,22,23)/b14-7-. The van der Waals surface area contributed by atoms with Crippen molar-refractivity contribution in [2.24, 2.45) is 0 Å². The molecule has 3 nitrogen and oxygen atoms in total. The largest absolute Gasteiger partial charge is 0.478 e. The molecule has 0 radical (unpaired) electrons. The number of rotatable bonds is 3. The predicted molar refractivity (Wildman–Crippen MR) is 106 cm³/mol. The van der Waals surface area contributed by atoms with Crippen LogP contribution in [0.4, 0.5) is 10.1 Å². The van der Waals surface area contributed by atoms with Crippen molar-refractivity contribution < 1.29 is 14.3 Å². The average molecular weight is 459 g/mol. The molecule has 2 aromatic carbocycles. The van der Waals surface area contributed by atoms with Gasteiger partial charge in [0.2, 0.25) is 0 Å². The van der Waals surface area contributed by atoms with E-state index < -0.39 is 5.97 Å². The molecule has 0 fully saturated rings. The third-order valence-corrected chi connectivity index (χ3v) is 6.16. The molecular formula is C17H10BrClFNO2S2. The second-order valence-electron chi connectivity index (χ2n) is 5.16. The zero-order valence-corrected chi connectivity index (χ0v) is 16.5. The van der Waals surface area contributed by atoms with E-state index in [2.05, 4.69) is 15.9 Å². The number of anilines is 1. The van der Waals surface area contributed by atoms with Crippen LogP contribution in [-0.2, 0) is 11.3 Å². The number of carbonyl (C=O) groups is 1. The third kappa shape index (κ3) is 3.89. The molecule has 0 saturated carbocycles. The molecule has 1 aliphatic rings. The van der Waals surface area contributed by atoms with Crippen molar-refractivity contribution in [3.05, 3.63) is 68.3 Å². The Morgan fingerprint density at radius 2 is 2.16 bits per heavy atom. The molecule has 3 rings (SSSR count). The second kappa shape index (κ2) is 7.45. The van der Waals surface area contributed by atoms with Gasteiger partial charge in [-0.1, -0.05) is 63.6 Å². The highest BCUT2D eigenvalue weighted by Crippen LogP contribution is 2.46. The highest BCUT2D eigenvalue weighted by atomic mass is 79.9. The van der Waals surface area contributed by atoms with Crippen LogP contribution in [0.3, 0.4) is 0 Å². The van der Waals surface area contributed by atoms with Gasteiger partial charge in [0, 0.05) is 16.1 Å². The van der Waals surface area contributed by atoms with Gasteiger partial charge in [-0.25, -0.2) is 9.18 Å². The summed E-state index contributed by atoms with van der Waals surface area (Å²) >= 11 is 16.2. The van der Waals surface area contributed by atoms with Crippen LogP contribution in [0.15, 0.2) is 56.7 Å². The Balaban J connectivity index is 2.08. The Morgan fingerprint density at radius 3 is 2.84 bits per heavy atom. The molecule has 1 aliphatic heterocycles. The maximum absolute atomic E-state index is 14.3. The van der Waals surface area contributed by atoms with E-state index in [4.69, 9.17) is 28.9 Å². The first-order valence-corrected chi connectivity index (χ1v) is 9.43. The van der Waals surface area contributed by atoms with Gasteiger partial charge < -0.3 is 10.0 Å². The van der Waals surface area contributed by atoms with Gasteiger partial charge in [0.05, 0.1) is 27.1 Å². The fourth-order valence-corrected chi connectivity index (χ4v) is 4.38. The molecule has 0 aliphatic carbocycles. The summed E-state index contributed by atoms with van der Waals surface area (Å²) in [6, 6.07) is 10.1. The van der Waals surface area contributed by atoms with Crippen LogP contribution in [0.25, 0.3) is 0 Å². The van der Waals surface area contributed by atoms with Crippen molar-refractivity contribution in [1.29, 1.82) is 0 Å². The lowest BCUT2D eigenvalue weighted by Gasteiger charge is -2.33. The van der Waals surface area contributed by atoms with Crippen LogP contribution in [0.1, 0.15) is 5.56 Å². The summed E-state index contributed by atoms with van der Waals surface area (Å²) in [6.45, 7) is 0.169. The first-order valence-electron chi connectivity index (χ1n) is 7.03. The lowest BCUT2D eigenvalue weighted by molar-refractivity contribution is -0.131. The number of thiocarbonyl (C=S) groups is 1. The lowest BCUT2D eigenvalue weighted by Crippen LogP contribution is -2.33. The van der Waals surface area contributed by atoms with Gasteiger partial charge in [-0.2, -0.15) is 0 Å². The minimum atomic E-state index is -1.10. The van der Waals surface area contributed by atoms with Crippen LogP contribution in [0.5, 0.6) is 0 Å². The predicted octanol–water partition coefficient (Wildman–Crippen LogP) is 5.65. The van der Waals surface area contributed by atoms with E-state index in [1.165, 1.54) is 17.8 Å². The molecule has 2 aromatic rings. The highest BCUT2D eigenvalue weighted by molar-refractivity contribution is 9.10. The van der Waals surface area contributed by atoms with Gasteiger partial charge in [0.1, 0.15) is 10.8 Å². The number of carboxylic acids is 1. The summed E-state index contributed by atoms with van der Waals surface area (Å²) in [4.78, 5) is 14.2. The first-order chi connectivity index (χ1) is 11.9. The monoisotopic (exact) mass is 457 g/mol. The summed E-state index contributed by atoms with van der Waals surface area (Å²) in [6.07, 6.45) is 1.05. The number of hydrogen-bond acceptors (Lipinski definition) is 3. The van der Waals surface area contributed by atoms with E-state index in [0.717, 1.165) is 11.8 Å². The SMILES string of the molecule is O=C(O)/C=C1\Sc2c(Cl)cccc2N(Cc2ccc(Br)cc2F)C1=S. The molecular weight excluding hydrogens is 449 g/mol. The number of fused-ring (bicyclic) bond motifs is 1. The van der Waals surface area contributed by atoms with Gasteiger partial charge in [-0.15, -0.1) is 0 Å². The molecule has 0 unspecified atom stereocenters. The molecule has 0 amide bonds. The van der Waals surface area contributed by atoms with Crippen molar-refractivity contribution in [2.75, 3.05) is 4.90 Å². The van der Waals surface area contributed by atoms with Crippen molar-refractivity contribution in [3.8, 4) is 0 Å². The van der Waals surface area contributed by atoms with Crippen LogP contribution in [-0.4, -0.2) is 16.1 Å². The summed E-state index contributed by atoms with van der Waals surface area (Å²) in [5.41, 5.74) is 1.17. The fraction of sp³-hybridized carbons (Fsp3) is 0.0588. The quantitative estimate of drug-likeness (QED) is 0.475. The topological polar surface area (TPSA) is 40.5 Å². The molecule has 0 saturated heterocycles. The van der Waals surface area contributed by atoms with Gasteiger partial charge in [0.25, 0.3) is 0 Å². The van der Waals surface area contributed by atoms with Gasteiger partial charge in [-0.05, 0) is 24.3 Å². The van der Waals surface area contributed by atoms with E-state index in [1.54, 1.807) is 29.2 Å². The number of aliphatic carboxylic acids is 1. The summed E-state index contributed by atoms with van der Waals surface area (Å²) in [5.74, 6) is -1.47. The number of hydrogen-bond donors (Lipinski definition) is 1. The Hall–Kier alpha value is -1.41. The van der Waals surface area contributed by atoms with Crippen molar-refractivity contribution in [3.63, 3.8) is 0 Å². The number of carboxylic acid groups (broad SMARTS) is 1. The maximum Gasteiger partial charge on any atom is 0.329 e. The van der Waals surface area contributed by atoms with Crippen molar-refractivity contribution in [2.45, 2.75) is 11.4 Å². The Labute approximate surface area is 166 Å². The maximum atomic E-state index is 14.3. The number of halogens is 3. The molecule has 0 bridgehead atoms. The lowest BCUT2D eigenvalue weighted by atomic mass is 10.1. The van der Waals surface area contributed by atoms with E-state index in [1.807, 2.05) is 6.07 Å². The van der Waals surface area contributed by atoms with Gasteiger partial charge >= 0.3 is 5.97 Å². The zero-order valence-electron chi connectivity index (χ0n) is 12.5. The molecule has 128 valence electrons. The minimum Gasteiger partial charge on any atom is -0.478 e. The summed E-state index contributed by atoms with van der Waals surface area (Å²) in [5, 5.41) is 9.57. The smallest absolute Gasteiger partial charge is 0.329 e. The molecule has 0 spiro atoms. The molecule has 1 heterocycles. The Morgan fingerprint density at radius 1 is 1.40 bits per heavy atom. The fourth-order valence-electron chi connectivity index (χ4n) is 2.39. The normalized spacial score (nSPS) is 15.4. The molecule has 1 N–H and O–H groups in total. The summed E-state index contributed by atoms with van der Waals surface area (Å²) < 4.78 is 14.9. The molecule has 0 aromatic heterocycles. The first kappa shape index (κ1) is 18.4. The molecule has 25 heavy (non-hydrogen) atoms. The van der Waals surface area contributed by atoms with Crippen molar-refractivity contribution >= 4 is 68.2 Å². The van der Waals surface area contributed by atoms with E-state index in [-0.39, 0.29) is 12.4 Å². The summed E-state index contributed by atoms with van der Waals surface area (Å²) in [7, 11) is 0. The highest BCUT2D eigenvalue weighted by Gasteiger charge is 2.29. The van der Waals surface area contributed by atoms with Crippen LogP contribution >= 0.6 is 51.5 Å².